The van der Waals surface area contributed by atoms with Crippen LogP contribution in [0.4, 0.5) is 4.79 Å². The van der Waals surface area contributed by atoms with Crippen LogP contribution in [0.1, 0.15) is 69.9 Å². The molecule has 0 spiro atoms. The van der Waals surface area contributed by atoms with E-state index < -0.39 is 6.09 Å². The average molecular weight is 277 g/mol. The van der Waals surface area contributed by atoms with E-state index in [0.29, 0.717) is 0 Å². The molecule has 3 heteroatoms. The van der Waals surface area contributed by atoms with Crippen molar-refractivity contribution in [2.45, 2.75) is 64.3 Å². The van der Waals surface area contributed by atoms with Crippen molar-refractivity contribution in [1.29, 1.82) is 0 Å². The molecule has 112 valence electrons. The van der Waals surface area contributed by atoms with Crippen LogP contribution in [0.25, 0.3) is 0 Å². The third-order valence-corrected chi connectivity index (χ3v) is 3.60. The standard InChI is InChI=1S/C17H27NO2/c1-2-3-4-5-6-7-11-14-16(18-17(19)20)15-12-9-8-10-13-15/h8-10,12-13,16,18H,2-7,11,14H2,1H3,(H,19,20). The van der Waals surface area contributed by atoms with Gasteiger partial charge in [0, 0.05) is 0 Å². The van der Waals surface area contributed by atoms with Gasteiger partial charge in [0.2, 0.25) is 0 Å². The highest BCUT2D eigenvalue weighted by Crippen LogP contribution is 2.20. The summed E-state index contributed by atoms with van der Waals surface area (Å²) in [4.78, 5) is 10.9. The predicted octanol–water partition coefficient (Wildman–Crippen LogP) is 5.14. The van der Waals surface area contributed by atoms with Crippen LogP contribution in [0.3, 0.4) is 0 Å². The molecular formula is C17H27NO2. The largest absolute Gasteiger partial charge is 0.465 e. The van der Waals surface area contributed by atoms with Gasteiger partial charge in [0.1, 0.15) is 0 Å². The quantitative estimate of drug-likeness (QED) is 0.582. The van der Waals surface area contributed by atoms with Crippen LogP contribution in [0.2, 0.25) is 0 Å². The Bertz CT molecular complexity index is 365. The van der Waals surface area contributed by atoms with Gasteiger partial charge >= 0.3 is 6.09 Å². The molecule has 0 saturated carbocycles. The Kier molecular flexibility index (Phi) is 8.52. The maximum Gasteiger partial charge on any atom is 0.405 e. The summed E-state index contributed by atoms with van der Waals surface area (Å²) in [7, 11) is 0. The number of amides is 1. The SMILES string of the molecule is CCCCCCCCCC(NC(=O)O)c1ccccc1. The molecule has 0 radical (unpaired) electrons. The van der Waals surface area contributed by atoms with Crippen molar-refractivity contribution in [2.24, 2.45) is 0 Å². The minimum Gasteiger partial charge on any atom is -0.465 e. The predicted molar refractivity (Wildman–Crippen MR) is 83.0 cm³/mol. The first-order valence-electron chi connectivity index (χ1n) is 7.78. The lowest BCUT2D eigenvalue weighted by atomic mass is 9.99. The second-order valence-corrected chi connectivity index (χ2v) is 5.32. The van der Waals surface area contributed by atoms with Crippen molar-refractivity contribution < 1.29 is 9.90 Å². The molecule has 0 aliphatic carbocycles. The maximum atomic E-state index is 10.9. The number of hydrogen-bond acceptors (Lipinski definition) is 1. The van der Waals surface area contributed by atoms with E-state index in [1.165, 1.54) is 38.5 Å². The summed E-state index contributed by atoms with van der Waals surface area (Å²) < 4.78 is 0. The van der Waals surface area contributed by atoms with Crippen LogP contribution in [-0.2, 0) is 0 Å². The molecule has 1 unspecified atom stereocenters. The van der Waals surface area contributed by atoms with Crippen LogP contribution < -0.4 is 5.32 Å². The molecule has 20 heavy (non-hydrogen) atoms. The van der Waals surface area contributed by atoms with Gasteiger partial charge in [-0.3, -0.25) is 0 Å². The van der Waals surface area contributed by atoms with Crippen molar-refractivity contribution in [1.82, 2.24) is 5.32 Å². The van der Waals surface area contributed by atoms with E-state index in [1.807, 2.05) is 30.3 Å². The van der Waals surface area contributed by atoms with Gasteiger partial charge in [-0.1, -0.05) is 82.2 Å². The Morgan fingerprint density at radius 3 is 2.25 bits per heavy atom. The van der Waals surface area contributed by atoms with E-state index in [-0.39, 0.29) is 6.04 Å². The summed E-state index contributed by atoms with van der Waals surface area (Å²) >= 11 is 0. The fraction of sp³-hybridized carbons (Fsp3) is 0.588. The van der Waals surface area contributed by atoms with Gasteiger partial charge < -0.3 is 10.4 Å². The van der Waals surface area contributed by atoms with Gasteiger partial charge in [-0.15, -0.1) is 0 Å². The zero-order chi connectivity index (χ0) is 14.6. The zero-order valence-corrected chi connectivity index (χ0v) is 12.5. The highest BCUT2D eigenvalue weighted by molar-refractivity contribution is 5.65. The molecule has 0 aliphatic rings. The van der Waals surface area contributed by atoms with Gasteiger partial charge in [0.05, 0.1) is 6.04 Å². The lowest BCUT2D eigenvalue weighted by Crippen LogP contribution is -2.26. The van der Waals surface area contributed by atoms with Gasteiger partial charge in [0.15, 0.2) is 0 Å². The Morgan fingerprint density at radius 2 is 1.65 bits per heavy atom. The lowest BCUT2D eigenvalue weighted by molar-refractivity contribution is 0.189. The monoisotopic (exact) mass is 277 g/mol. The minimum absolute atomic E-state index is 0.0793. The molecule has 1 aromatic carbocycles. The Hall–Kier alpha value is -1.51. The Balaban J connectivity index is 2.29. The van der Waals surface area contributed by atoms with Crippen LogP contribution in [0.5, 0.6) is 0 Å². The molecule has 0 saturated heterocycles. The number of carboxylic acid groups (broad SMARTS) is 1. The van der Waals surface area contributed by atoms with Crippen molar-refractivity contribution >= 4 is 6.09 Å². The van der Waals surface area contributed by atoms with Crippen LogP contribution in [-0.4, -0.2) is 11.2 Å². The van der Waals surface area contributed by atoms with Crippen LogP contribution in [0.15, 0.2) is 30.3 Å². The summed E-state index contributed by atoms with van der Waals surface area (Å²) in [6.45, 7) is 2.22. The van der Waals surface area contributed by atoms with E-state index in [2.05, 4.69) is 12.2 Å². The number of rotatable bonds is 10. The summed E-state index contributed by atoms with van der Waals surface area (Å²) in [5, 5.41) is 11.6. The number of benzene rings is 1. The van der Waals surface area contributed by atoms with E-state index in [0.717, 1.165) is 18.4 Å². The molecule has 0 heterocycles. The van der Waals surface area contributed by atoms with Crippen molar-refractivity contribution in [2.75, 3.05) is 0 Å². The summed E-state index contributed by atoms with van der Waals surface area (Å²) in [5.41, 5.74) is 1.06. The normalized spacial score (nSPS) is 12.1. The smallest absolute Gasteiger partial charge is 0.405 e. The molecule has 0 aliphatic heterocycles. The van der Waals surface area contributed by atoms with Crippen molar-refractivity contribution in [3.05, 3.63) is 35.9 Å². The maximum absolute atomic E-state index is 10.9. The molecule has 0 aromatic heterocycles. The number of nitrogens with one attached hydrogen (secondary N) is 1. The average Bonchev–Trinajstić information content (AvgIpc) is 2.45. The molecule has 0 fully saturated rings. The zero-order valence-electron chi connectivity index (χ0n) is 12.5. The van der Waals surface area contributed by atoms with Crippen molar-refractivity contribution in [3.63, 3.8) is 0 Å². The highest BCUT2D eigenvalue weighted by atomic mass is 16.4. The second-order valence-electron chi connectivity index (χ2n) is 5.32. The molecule has 1 amide bonds. The van der Waals surface area contributed by atoms with Gasteiger partial charge in [0.25, 0.3) is 0 Å². The Morgan fingerprint density at radius 1 is 1.05 bits per heavy atom. The second kappa shape index (κ2) is 10.3. The first kappa shape index (κ1) is 16.5. The van der Waals surface area contributed by atoms with Gasteiger partial charge in [-0.05, 0) is 12.0 Å². The minimum atomic E-state index is -0.943. The molecule has 2 N–H and O–H groups in total. The highest BCUT2D eigenvalue weighted by Gasteiger charge is 2.12. The number of carbonyl (C=O) groups is 1. The summed E-state index contributed by atoms with van der Waals surface area (Å²) in [6.07, 6.45) is 8.69. The van der Waals surface area contributed by atoms with Crippen LogP contribution >= 0.6 is 0 Å². The first-order chi connectivity index (χ1) is 9.74. The summed E-state index contributed by atoms with van der Waals surface area (Å²) in [6, 6.07) is 9.76. The Labute approximate surface area is 122 Å². The van der Waals surface area contributed by atoms with E-state index in [9.17, 15) is 4.79 Å². The molecule has 1 aromatic rings. The third kappa shape index (κ3) is 7.17. The first-order valence-corrected chi connectivity index (χ1v) is 7.78. The fourth-order valence-corrected chi connectivity index (χ4v) is 2.46. The topological polar surface area (TPSA) is 49.3 Å². The number of unbranched alkanes of at least 4 members (excludes halogenated alkanes) is 6. The third-order valence-electron chi connectivity index (χ3n) is 3.60. The van der Waals surface area contributed by atoms with Gasteiger partial charge in [-0.2, -0.15) is 0 Å². The van der Waals surface area contributed by atoms with E-state index in [1.54, 1.807) is 0 Å². The molecule has 1 atom stereocenters. The molecule has 1 rings (SSSR count). The molecule has 3 nitrogen and oxygen atoms in total. The lowest BCUT2D eigenvalue weighted by Gasteiger charge is -2.17. The fourth-order valence-electron chi connectivity index (χ4n) is 2.46. The molecule has 0 bridgehead atoms. The molecular weight excluding hydrogens is 250 g/mol. The van der Waals surface area contributed by atoms with E-state index in [4.69, 9.17) is 5.11 Å². The van der Waals surface area contributed by atoms with Crippen LogP contribution in [0, 0.1) is 0 Å². The van der Waals surface area contributed by atoms with Crippen molar-refractivity contribution in [3.8, 4) is 0 Å². The summed E-state index contributed by atoms with van der Waals surface area (Å²) in [5.74, 6) is 0. The van der Waals surface area contributed by atoms with Gasteiger partial charge in [-0.25, -0.2) is 4.79 Å². The number of hydrogen-bond donors (Lipinski definition) is 2. The van der Waals surface area contributed by atoms with E-state index >= 15 is 0 Å².